The molecule has 0 spiro atoms. The lowest BCUT2D eigenvalue weighted by atomic mass is 9.95. The van der Waals surface area contributed by atoms with Crippen LogP contribution in [-0.4, -0.2) is 11.9 Å². The van der Waals surface area contributed by atoms with Crippen molar-refractivity contribution >= 4 is 11.9 Å². The van der Waals surface area contributed by atoms with E-state index in [-0.39, 0.29) is 12.4 Å². The molecule has 0 amide bonds. The van der Waals surface area contributed by atoms with Gasteiger partial charge in [-0.1, -0.05) is 111 Å². The molecule has 0 heterocycles. The number of carbonyl (C=O) groups is 2. The molecule has 2 unspecified atom stereocenters. The predicted molar refractivity (Wildman–Crippen MR) is 133 cm³/mol. The highest BCUT2D eigenvalue weighted by molar-refractivity contribution is 5.85. The number of esters is 2. The van der Waals surface area contributed by atoms with Gasteiger partial charge in [0.25, 0.3) is 0 Å². The zero-order valence-corrected chi connectivity index (χ0v) is 21.6. The van der Waals surface area contributed by atoms with Crippen LogP contribution in [0.1, 0.15) is 131 Å². The zero-order chi connectivity index (χ0) is 23.5. The fourth-order valence-electron chi connectivity index (χ4n) is 3.83. The summed E-state index contributed by atoms with van der Waals surface area (Å²) >= 11 is 0. The van der Waals surface area contributed by atoms with Gasteiger partial charge < -0.3 is 4.74 Å². The van der Waals surface area contributed by atoms with Crippen molar-refractivity contribution in [1.29, 1.82) is 0 Å². The molecule has 0 aliphatic heterocycles. The van der Waals surface area contributed by atoms with Crippen LogP contribution in [-0.2, 0) is 14.3 Å². The van der Waals surface area contributed by atoms with Crippen LogP contribution in [0, 0.1) is 23.7 Å². The number of allylic oxidation sites excluding steroid dienone is 2. The van der Waals surface area contributed by atoms with Crippen LogP contribution < -0.4 is 0 Å². The van der Waals surface area contributed by atoms with E-state index < -0.39 is 5.97 Å². The summed E-state index contributed by atoms with van der Waals surface area (Å²) in [6.45, 7) is 13.7. The first-order valence-corrected chi connectivity index (χ1v) is 13.1. The van der Waals surface area contributed by atoms with Crippen LogP contribution in [0.25, 0.3) is 0 Å². The quantitative estimate of drug-likeness (QED) is 0.0880. The summed E-state index contributed by atoms with van der Waals surface area (Å²) in [7, 11) is 0. The maximum Gasteiger partial charge on any atom is 0.313 e. The van der Waals surface area contributed by atoms with Gasteiger partial charge in [-0.05, 0) is 42.9 Å². The maximum absolute atomic E-state index is 11.8. The lowest BCUT2D eigenvalue weighted by Gasteiger charge is -2.12. The van der Waals surface area contributed by atoms with Crippen molar-refractivity contribution in [2.24, 2.45) is 23.7 Å². The fourth-order valence-corrected chi connectivity index (χ4v) is 3.83. The molecular formula is C28H52O3. The molecule has 3 nitrogen and oxygen atoms in total. The van der Waals surface area contributed by atoms with Gasteiger partial charge in [0.1, 0.15) is 0 Å². The van der Waals surface area contributed by atoms with Gasteiger partial charge in [0, 0.05) is 12.8 Å². The first-order valence-electron chi connectivity index (χ1n) is 13.1. The number of hydrogen-bond donors (Lipinski definition) is 0. The second kappa shape index (κ2) is 19.6. The number of hydrogen-bond acceptors (Lipinski definition) is 3. The van der Waals surface area contributed by atoms with Crippen LogP contribution >= 0.6 is 0 Å². The minimum Gasteiger partial charge on any atom is -0.393 e. The molecule has 0 aliphatic carbocycles. The molecule has 182 valence electrons. The van der Waals surface area contributed by atoms with Gasteiger partial charge in [0.2, 0.25) is 0 Å². The van der Waals surface area contributed by atoms with E-state index in [4.69, 9.17) is 4.74 Å². The van der Waals surface area contributed by atoms with Gasteiger partial charge in [-0.2, -0.15) is 0 Å². The molecule has 0 rings (SSSR count). The molecule has 0 fully saturated rings. The predicted octanol–water partition coefficient (Wildman–Crippen LogP) is 8.66. The zero-order valence-electron chi connectivity index (χ0n) is 21.6. The Balaban J connectivity index is 3.65. The molecule has 0 N–H and O–H groups in total. The van der Waals surface area contributed by atoms with Crippen LogP contribution in [0.4, 0.5) is 0 Å². The average Bonchev–Trinajstić information content (AvgIpc) is 2.66. The van der Waals surface area contributed by atoms with Crippen LogP contribution in [0.15, 0.2) is 12.2 Å². The molecule has 31 heavy (non-hydrogen) atoms. The summed E-state index contributed by atoms with van der Waals surface area (Å²) < 4.78 is 4.94. The maximum atomic E-state index is 11.8. The summed E-state index contributed by atoms with van der Waals surface area (Å²) in [6.07, 6.45) is 18.6. The normalized spacial score (nSPS) is 13.8. The highest BCUT2D eigenvalue weighted by Crippen LogP contribution is 2.18. The van der Waals surface area contributed by atoms with E-state index in [0.29, 0.717) is 18.8 Å². The second-order valence-corrected chi connectivity index (χ2v) is 10.6. The average molecular weight is 437 g/mol. The molecular weight excluding hydrogens is 384 g/mol. The molecule has 0 radical (unpaired) electrons. The van der Waals surface area contributed by atoms with Crippen molar-refractivity contribution in [1.82, 2.24) is 0 Å². The number of unbranched alkanes of at least 4 members (excludes halogenated alkanes) is 2. The summed E-state index contributed by atoms with van der Waals surface area (Å²) in [5.74, 6) is 2.28. The van der Waals surface area contributed by atoms with Gasteiger partial charge in [0.15, 0.2) is 0 Å². The fraction of sp³-hybridized carbons (Fsp3) is 0.857. The molecule has 0 aliphatic rings. The lowest BCUT2D eigenvalue weighted by molar-refractivity contribution is -0.159. The lowest BCUT2D eigenvalue weighted by Crippen LogP contribution is -2.11. The van der Waals surface area contributed by atoms with E-state index in [1.54, 1.807) is 0 Å². The minimum atomic E-state index is -0.390. The Morgan fingerprint density at radius 2 is 1.16 bits per heavy atom. The van der Waals surface area contributed by atoms with Gasteiger partial charge in [-0.25, -0.2) is 0 Å². The van der Waals surface area contributed by atoms with Crippen LogP contribution in [0.3, 0.4) is 0 Å². The topological polar surface area (TPSA) is 43.4 Å². The van der Waals surface area contributed by atoms with Gasteiger partial charge in [-0.15, -0.1) is 0 Å². The smallest absolute Gasteiger partial charge is 0.313 e. The number of ether oxygens (including phenoxy) is 1. The Morgan fingerprint density at radius 3 is 1.77 bits per heavy atom. The van der Waals surface area contributed by atoms with Crippen molar-refractivity contribution in [3.63, 3.8) is 0 Å². The van der Waals surface area contributed by atoms with Crippen LogP contribution in [0.5, 0.6) is 0 Å². The third kappa shape index (κ3) is 21.9. The highest BCUT2D eigenvalue weighted by atomic mass is 16.6. The van der Waals surface area contributed by atoms with Crippen molar-refractivity contribution in [3.05, 3.63) is 12.2 Å². The Kier molecular flexibility index (Phi) is 18.9. The summed E-state index contributed by atoms with van der Waals surface area (Å²) in [6, 6.07) is 0. The Hall–Kier alpha value is -1.12. The van der Waals surface area contributed by atoms with Crippen LogP contribution in [0.2, 0.25) is 0 Å². The van der Waals surface area contributed by atoms with Crippen molar-refractivity contribution in [2.45, 2.75) is 131 Å². The molecule has 0 aromatic rings. The molecule has 0 aromatic carbocycles. The van der Waals surface area contributed by atoms with E-state index in [1.807, 2.05) is 6.08 Å². The SMILES string of the molecule is CC(C)CCCC(C)CC=CCCC(=O)OC(=O)CCCCCC(C)CCCC(C)C. The summed E-state index contributed by atoms with van der Waals surface area (Å²) in [4.78, 5) is 23.6. The Bertz CT molecular complexity index is 479. The third-order valence-corrected chi connectivity index (χ3v) is 5.98. The van der Waals surface area contributed by atoms with E-state index in [9.17, 15) is 9.59 Å². The van der Waals surface area contributed by atoms with E-state index in [2.05, 4.69) is 47.6 Å². The van der Waals surface area contributed by atoms with E-state index in [1.165, 1.54) is 44.9 Å². The minimum absolute atomic E-state index is 0.290. The Morgan fingerprint density at radius 1 is 0.613 bits per heavy atom. The first kappa shape index (κ1) is 29.9. The second-order valence-electron chi connectivity index (χ2n) is 10.6. The molecule has 3 heteroatoms. The third-order valence-electron chi connectivity index (χ3n) is 5.98. The highest BCUT2D eigenvalue weighted by Gasteiger charge is 2.10. The summed E-state index contributed by atoms with van der Waals surface area (Å²) in [5, 5.41) is 0. The van der Waals surface area contributed by atoms with Crippen molar-refractivity contribution < 1.29 is 14.3 Å². The first-order chi connectivity index (χ1) is 14.7. The Labute approximate surface area is 193 Å². The van der Waals surface area contributed by atoms with Gasteiger partial charge >= 0.3 is 11.9 Å². The standard InChI is InChI=1S/C28H52O3/c1-23(2)15-13-19-25(5)17-9-7-11-21-27(29)31-28(30)22-12-8-10-18-26(6)20-14-16-24(3)4/h7,9,23-26H,8,10-22H2,1-6H3. The van der Waals surface area contributed by atoms with E-state index in [0.717, 1.165) is 43.4 Å². The molecule has 0 saturated carbocycles. The number of carbonyl (C=O) groups excluding carboxylic acids is 2. The van der Waals surface area contributed by atoms with Gasteiger partial charge in [0.05, 0.1) is 0 Å². The summed E-state index contributed by atoms with van der Waals surface area (Å²) in [5.41, 5.74) is 0. The van der Waals surface area contributed by atoms with Crippen molar-refractivity contribution in [2.75, 3.05) is 0 Å². The monoisotopic (exact) mass is 436 g/mol. The van der Waals surface area contributed by atoms with Crippen molar-refractivity contribution in [3.8, 4) is 0 Å². The largest absolute Gasteiger partial charge is 0.393 e. The molecule has 2 atom stereocenters. The molecule has 0 aromatic heterocycles. The van der Waals surface area contributed by atoms with E-state index >= 15 is 0 Å². The molecule has 0 bridgehead atoms. The number of rotatable bonds is 19. The van der Waals surface area contributed by atoms with Gasteiger partial charge in [-0.3, -0.25) is 9.59 Å². The molecule has 0 saturated heterocycles.